The van der Waals surface area contributed by atoms with Crippen LogP contribution in [0.1, 0.15) is 38.8 Å². The number of nitrogens with zero attached hydrogens (tertiary/aromatic N) is 2. The summed E-state index contributed by atoms with van der Waals surface area (Å²) in [4.78, 5) is 0. The zero-order chi connectivity index (χ0) is 16.8. The lowest BCUT2D eigenvalue weighted by Gasteiger charge is -2.32. The second-order valence-corrected chi connectivity index (χ2v) is 7.13. The Kier molecular flexibility index (Phi) is 3.85. The number of halogens is 1. The van der Waals surface area contributed by atoms with E-state index in [4.69, 9.17) is 9.31 Å². The van der Waals surface area contributed by atoms with Gasteiger partial charge in [0.15, 0.2) is 0 Å². The van der Waals surface area contributed by atoms with Gasteiger partial charge < -0.3 is 9.31 Å². The van der Waals surface area contributed by atoms with Crippen LogP contribution in [0.4, 0.5) is 4.39 Å². The minimum atomic E-state index is -0.428. The Balaban J connectivity index is 1.78. The van der Waals surface area contributed by atoms with Crippen LogP contribution in [-0.4, -0.2) is 28.1 Å². The predicted octanol–water partition coefficient (Wildman–Crippen LogP) is 2.68. The average molecular weight is 316 g/mol. The fourth-order valence-electron chi connectivity index (χ4n) is 2.55. The van der Waals surface area contributed by atoms with Crippen molar-refractivity contribution in [2.24, 2.45) is 0 Å². The first-order valence-corrected chi connectivity index (χ1v) is 7.81. The van der Waals surface area contributed by atoms with Crippen molar-refractivity contribution < 1.29 is 13.7 Å². The lowest BCUT2D eigenvalue weighted by molar-refractivity contribution is 0.00578. The van der Waals surface area contributed by atoms with Crippen LogP contribution in [0.3, 0.4) is 0 Å². The molecule has 0 N–H and O–H groups in total. The van der Waals surface area contributed by atoms with E-state index in [1.54, 1.807) is 23.0 Å². The first-order valence-electron chi connectivity index (χ1n) is 7.81. The molecule has 0 saturated carbocycles. The molecule has 0 radical (unpaired) electrons. The van der Waals surface area contributed by atoms with Gasteiger partial charge in [-0.15, -0.1) is 0 Å². The van der Waals surface area contributed by atoms with E-state index in [1.807, 2.05) is 40.8 Å². The summed E-state index contributed by atoms with van der Waals surface area (Å²) in [5, 5.41) is 4.36. The first kappa shape index (κ1) is 16.2. The molecule has 0 spiro atoms. The normalized spacial score (nSPS) is 19.3. The van der Waals surface area contributed by atoms with Gasteiger partial charge in [-0.05, 0) is 57.9 Å². The number of hydrogen-bond donors (Lipinski definition) is 0. The highest BCUT2D eigenvalue weighted by atomic mass is 19.1. The lowest BCUT2D eigenvalue weighted by Crippen LogP contribution is -2.41. The fourth-order valence-corrected chi connectivity index (χ4v) is 2.55. The van der Waals surface area contributed by atoms with Crippen LogP contribution >= 0.6 is 0 Å². The average Bonchev–Trinajstić information content (AvgIpc) is 2.97. The van der Waals surface area contributed by atoms with Crippen LogP contribution in [0.25, 0.3) is 0 Å². The molecule has 1 aromatic carbocycles. The highest BCUT2D eigenvalue weighted by Gasteiger charge is 2.52. The topological polar surface area (TPSA) is 36.3 Å². The third kappa shape index (κ3) is 3.05. The molecule has 1 saturated heterocycles. The molecule has 3 rings (SSSR count). The monoisotopic (exact) mass is 316 g/mol. The number of aromatic nitrogens is 2. The highest BCUT2D eigenvalue weighted by molar-refractivity contribution is 6.61. The molecular weight excluding hydrogens is 294 g/mol. The van der Waals surface area contributed by atoms with Gasteiger partial charge in [-0.2, -0.15) is 5.10 Å². The van der Waals surface area contributed by atoms with Gasteiger partial charge in [0.05, 0.1) is 17.7 Å². The molecule has 1 aliphatic heterocycles. The summed E-state index contributed by atoms with van der Waals surface area (Å²) in [7, 11) is -0.428. The molecule has 1 aromatic heterocycles. The molecular formula is C17H22BFN2O2. The lowest BCUT2D eigenvalue weighted by atomic mass is 9.82. The van der Waals surface area contributed by atoms with Crippen LogP contribution in [0.5, 0.6) is 0 Å². The van der Waals surface area contributed by atoms with Gasteiger partial charge >= 0.3 is 7.12 Å². The Labute approximate surface area is 136 Å². The van der Waals surface area contributed by atoms with Crippen LogP contribution in [0, 0.1) is 12.7 Å². The number of rotatable bonds is 3. The van der Waals surface area contributed by atoms with Gasteiger partial charge in [-0.3, -0.25) is 4.68 Å². The Morgan fingerprint density at radius 3 is 2.48 bits per heavy atom. The first-order chi connectivity index (χ1) is 10.7. The molecule has 23 heavy (non-hydrogen) atoms. The largest absolute Gasteiger partial charge is 0.498 e. The molecule has 0 atom stereocenters. The summed E-state index contributed by atoms with van der Waals surface area (Å²) in [6.07, 6.45) is 3.64. The van der Waals surface area contributed by atoms with Crippen molar-refractivity contribution in [1.82, 2.24) is 9.78 Å². The molecule has 2 heterocycles. The second-order valence-electron chi connectivity index (χ2n) is 7.13. The van der Waals surface area contributed by atoms with Crippen molar-refractivity contribution in [3.63, 3.8) is 0 Å². The summed E-state index contributed by atoms with van der Waals surface area (Å²) in [5.74, 6) is -0.232. The quantitative estimate of drug-likeness (QED) is 0.817. The van der Waals surface area contributed by atoms with Crippen LogP contribution in [0.15, 0.2) is 30.6 Å². The molecule has 2 aromatic rings. The van der Waals surface area contributed by atoms with Crippen LogP contribution < -0.4 is 5.46 Å². The van der Waals surface area contributed by atoms with Crippen LogP contribution in [0.2, 0.25) is 0 Å². The molecule has 0 unspecified atom stereocenters. The van der Waals surface area contributed by atoms with Gasteiger partial charge in [-0.25, -0.2) is 4.39 Å². The van der Waals surface area contributed by atoms with Gasteiger partial charge in [0.2, 0.25) is 0 Å². The van der Waals surface area contributed by atoms with E-state index in [-0.39, 0.29) is 17.0 Å². The molecule has 6 heteroatoms. The van der Waals surface area contributed by atoms with Crippen molar-refractivity contribution in [2.75, 3.05) is 0 Å². The summed E-state index contributed by atoms with van der Waals surface area (Å²) >= 11 is 0. The van der Waals surface area contributed by atoms with E-state index in [0.717, 1.165) is 16.6 Å². The predicted molar refractivity (Wildman–Crippen MR) is 88.2 cm³/mol. The fraction of sp³-hybridized carbons (Fsp3) is 0.471. The van der Waals surface area contributed by atoms with E-state index in [9.17, 15) is 4.39 Å². The van der Waals surface area contributed by atoms with Crippen molar-refractivity contribution in [3.8, 4) is 0 Å². The minimum Gasteiger partial charge on any atom is -0.399 e. The maximum atomic E-state index is 13.4. The van der Waals surface area contributed by atoms with E-state index >= 15 is 0 Å². The number of hydrogen-bond acceptors (Lipinski definition) is 3. The summed E-state index contributed by atoms with van der Waals surface area (Å²) < 4.78 is 27.2. The van der Waals surface area contributed by atoms with Crippen molar-refractivity contribution >= 4 is 12.6 Å². The summed E-state index contributed by atoms with van der Waals surface area (Å²) in [5.41, 5.74) is 2.07. The maximum Gasteiger partial charge on any atom is 0.498 e. The molecule has 0 amide bonds. The van der Waals surface area contributed by atoms with Crippen molar-refractivity contribution in [3.05, 3.63) is 47.5 Å². The summed E-state index contributed by atoms with van der Waals surface area (Å²) in [6.45, 7) is 10.6. The molecule has 1 fully saturated rings. The van der Waals surface area contributed by atoms with E-state index in [1.165, 1.54) is 6.07 Å². The highest BCUT2D eigenvalue weighted by Crippen LogP contribution is 2.36. The SMILES string of the molecule is Cc1ccc(F)cc1Cn1cc(B2OC(C)(C)C(C)(C)O2)cn1. The third-order valence-electron chi connectivity index (χ3n) is 4.82. The van der Waals surface area contributed by atoms with Crippen molar-refractivity contribution in [1.29, 1.82) is 0 Å². The van der Waals surface area contributed by atoms with Crippen LogP contribution in [-0.2, 0) is 15.9 Å². The van der Waals surface area contributed by atoms with E-state index < -0.39 is 7.12 Å². The Hall–Kier alpha value is -1.66. The Bertz CT molecular complexity index is 711. The standard InChI is InChI=1S/C17H22BFN2O2/c1-12-6-7-15(19)8-13(12)10-21-11-14(9-20-21)18-22-16(2,3)17(4,5)23-18/h6-9,11H,10H2,1-5H3. The van der Waals surface area contributed by atoms with Gasteiger partial charge in [-0.1, -0.05) is 6.07 Å². The van der Waals surface area contributed by atoms with Crippen molar-refractivity contribution in [2.45, 2.75) is 52.4 Å². The molecule has 4 nitrogen and oxygen atoms in total. The smallest absolute Gasteiger partial charge is 0.399 e. The number of aryl methyl sites for hydroxylation is 1. The van der Waals surface area contributed by atoms with Gasteiger partial charge in [0.25, 0.3) is 0 Å². The van der Waals surface area contributed by atoms with Gasteiger partial charge in [0, 0.05) is 17.9 Å². The number of benzene rings is 1. The maximum absolute atomic E-state index is 13.4. The zero-order valence-corrected chi connectivity index (χ0v) is 14.3. The third-order valence-corrected chi connectivity index (χ3v) is 4.82. The molecule has 0 bridgehead atoms. The second kappa shape index (κ2) is 5.46. The zero-order valence-electron chi connectivity index (χ0n) is 14.3. The summed E-state index contributed by atoms with van der Waals surface area (Å²) in [6, 6.07) is 4.80. The Morgan fingerprint density at radius 2 is 1.83 bits per heavy atom. The van der Waals surface area contributed by atoms with Gasteiger partial charge in [0.1, 0.15) is 5.82 Å². The molecule has 0 aliphatic carbocycles. The molecule has 122 valence electrons. The minimum absolute atomic E-state index is 0.232. The van der Waals surface area contributed by atoms with E-state index in [0.29, 0.717) is 6.54 Å². The molecule has 1 aliphatic rings. The van der Waals surface area contributed by atoms with E-state index in [2.05, 4.69) is 5.10 Å². The Morgan fingerprint density at radius 1 is 1.17 bits per heavy atom.